The molecule has 3 heteroatoms. The number of fused-ring (bicyclic) bond motifs is 1. The van der Waals surface area contributed by atoms with E-state index in [9.17, 15) is 5.11 Å². The van der Waals surface area contributed by atoms with Gasteiger partial charge in [-0.25, -0.2) is 0 Å². The van der Waals surface area contributed by atoms with E-state index >= 15 is 0 Å². The topological polar surface area (TPSA) is 55.5 Å². The molecule has 3 rings (SSSR count). The summed E-state index contributed by atoms with van der Waals surface area (Å²) >= 11 is 0. The molecular formula is C19H19NO2. The van der Waals surface area contributed by atoms with Crippen molar-refractivity contribution >= 4 is 16.5 Å². The molecule has 0 radical (unpaired) electrons. The van der Waals surface area contributed by atoms with Gasteiger partial charge in [0.25, 0.3) is 0 Å². The molecule has 1 atom stereocenters. The van der Waals surface area contributed by atoms with Crippen molar-refractivity contribution in [1.82, 2.24) is 0 Å². The first-order valence-electron chi connectivity index (χ1n) is 7.21. The number of nitrogen functional groups attached to an aromatic ring is 1. The molecule has 0 saturated heterocycles. The van der Waals surface area contributed by atoms with Crippen LogP contribution < -0.4 is 10.5 Å². The molecule has 0 aromatic heterocycles. The van der Waals surface area contributed by atoms with E-state index in [1.807, 2.05) is 43.3 Å². The SMILES string of the molecule is COc1ccc(C(O)c2c(C)ccc3ccccc23)cc1N. The van der Waals surface area contributed by atoms with Crippen molar-refractivity contribution in [3.05, 3.63) is 71.3 Å². The van der Waals surface area contributed by atoms with E-state index in [4.69, 9.17) is 10.5 Å². The summed E-state index contributed by atoms with van der Waals surface area (Å²) in [6.07, 6.45) is -0.723. The Morgan fingerprint density at radius 1 is 1.05 bits per heavy atom. The molecule has 3 nitrogen and oxygen atoms in total. The number of hydrogen-bond donors (Lipinski definition) is 2. The van der Waals surface area contributed by atoms with E-state index in [0.717, 1.165) is 27.5 Å². The zero-order valence-electron chi connectivity index (χ0n) is 12.7. The Bertz CT molecular complexity index is 827. The van der Waals surface area contributed by atoms with E-state index in [1.54, 1.807) is 19.2 Å². The number of anilines is 1. The average molecular weight is 293 g/mol. The van der Waals surface area contributed by atoms with Gasteiger partial charge in [0.05, 0.1) is 12.8 Å². The standard InChI is InChI=1S/C19H19NO2/c1-12-7-8-13-5-3-4-6-15(13)18(12)19(21)14-9-10-17(22-2)16(20)11-14/h3-11,19,21H,20H2,1-2H3. The van der Waals surface area contributed by atoms with E-state index in [-0.39, 0.29) is 0 Å². The molecule has 0 fully saturated rings. The number of ether oxygens (including phenoxy) is 1. The van der Waals surface area contributed by atoms with Crippen LogP contribution in [0.4, 0.5) is 5.69 Å². The fraction of sp³-hybridized carbons (Fsp3) is 0.158. The van der Waals surface area contributed by atoms with Gasteiger partial charge < -0.3 is 15.6 Å². The van der Waals surface area contributed by atoms with Crippen molar-refractivity contribution < 1.29 is 9.84 Å². The minimum absolute atomic E-state index is 0.525. The summed E-state index contributed by atoms with van der Waals surface area (Å²) in [6, 6.07) is 17.6. The first-order valence-corrected chi connectivity index (χ1v) is 7.21. The maximum absolute atomic E-state index is 10.9. The Morgan fingerprint density at radius 2 is 1.82 bits per heavy atom. The zero-order valence-corrected chi connectivity index (χ0v) is 12.7. The van der Waals surface area contributed by atoms with Crippen LogP contribution in [0, 0.1) is 6.92 Å². The van der Waals surface area contributed by atoms with Gasteiger partial charge in [-0.3, -0.25) is 0 Å². The maximum atomic E-state index is 10.9. The summed E-state index contributed by atoms with van der Waals surface area (Å²) in [5.74, 6) is 0.616. The molecule has 0 bridgehead atoms. The molecule has 0 aliphatic carbocycles. The number of rotatable bonds is 3. The van der Waals surface area contributed by atoms with Crippen LogP contribution in [0.2, 0.25) is 0 Å². The molecule has 3 aromatic carbocycles. The van der Waals surface area contributed by atoms with E-state index in [1.165, 1.54) is 0 Å². The van der Waals surface area contributed by atoms with Gasteiger partial charge in [-0.05, 0) is 46.5 Å². The second-order valence-corrected chi connectivity index (χ2v) is 5.42. The van der Waals surface area contributed by atoms with Crippen LogP contribution in [-0.2, 0) is 0 Å². The van der Waals surface area contributed by atoms with Gasteiger partial charge in [0.15, 0.2) is 0 Å². The third-order valence-electron chi connectivity index (χ3n) is 4.03. The lowest BCUT2D eigenvalue weighted by molar-refractivity contribution is 0.221. The fourth-order valence-corrected chi connectivity index (χ4v) is 2.86. The molecule has 112 valence electrons. The molecular weight excluding hydrogens is 274 g/mol. The molecule has 0 heterocycles. The van der Waals surface area contributed by atoms with Crippen LogP contribution in [0.3, 0.4) is 0 Å². The highest BCUT2D eigenvalue weighted by molar-refractivity contribution is 5.87. The zero-order chi connectivity index (χ0) is 15.7. The number of aryl methyl sites for hydroxylation is 1. The van der Waals surface area contributed by atoms with Crippen molar-refractivity contribution in [2.24, 2.45) is 0 Å². The number of nitrogens with two attached hydrogens (primary N) is 1. The number of benzene rings is 3. The minimum atomic E-state index is -0.723. The Morgan fingerprint density at radius 3 is 2.55 bits per heavy atom. The molecule has 0 spiro atoms. The molecule has 1 unspecified atom stereocenters. The van der Waals surface area contributed by atoms with Crippen molar-refractivity contribution in [1.29, 1.82) is 0 Å². The van der Waals surface area contributed by atoms with Crippen LogP contribution in [0.1, 0.15) is 22.8 Å². The lowest BCUT2D eigenvalue weighted by atomic mass is 9.92. The van der Waals surface area contributed by atoms with Crippen molar-refractivity contribution in [3.8, 4) is 5.75 Å². The maximum Gasteiger partial charge on any atom is 0.141 e. The second kappa shape index (κ2) is 5.70. The van der Waals surface area contributed by atoms with Crippen molar-refractivity contribution in [2.75, 3.05) is 12.8 Å². The quantitative estimate of drug-likeness (QED) is 0.722. The van der Waals surface area contributed by atoms with Crippen LogP contribution in [0.15, 0.2) is 54.6 Å². The van der Waals surface area contributed by atoms with Gasteiger partial charge in [0.2, 0.25) is 0 Å². The predicted octanol–water partition coefficient (Wildman–Crippen LogP) is 3.82. The first kappa shape index (κ1) is 14.4. The molecule has 3 N–H and O–H groups in total. The monoisotopic (exact) mass is 293 g/mol. The lowest BCUT2D eigenvalue weighted by Gasteiger charge is -2.18. The third-order valence-corrected chi connectivity index (χ3v) is 4.03. The van der Waals surface area contributed by atoms with Crippen LogP contribution in [0.25, 0.3) is 10.8 Å². The molecule has 0 amide bonds. The first-order chi connectivity index (χ1) is 10.6. The third kappa shape index (κ3) is 2.40. The van der Waals surface area contributed by atoms with Gasteiger partial charge in [0, 0.05) is 0 Å². The number of methoxy groups -OCH3 is 1. The molecule has 0 aliphatic heterocycles. The Labute approximate surface area is 130 Å². The van der Waals surface area contributed by atoms with Gasteiger partial charge in [0.1, 0.15) is 11.9 Å². The smallest absolute Gasteiger partial charge is 0.141 e. The average Bonchev–Trinajstić information content (AvgIpc) is 2.54. The summed E-state index contributed by atoms with van der Waals surface area (Å²) in [5.41, 5.74) is 9.22. The van der Waals surface area contributed by atoms with E-state index < -0.39 is 6.10 Å². The van der Waals surface area contributed by atoms with Crippen LogP contribution in [0.5, 0.6) is 5.75 Å². The van der Waals surface area contributed by atoms with Crippen molar-refractivity contribution in [2.45, 2.75) is 13.0 Å². The van der Waals surface area contributed by atoms with E-state index in [0.29, 0.717) is 11.4 Å². The second-order valence-electron chi connectivity index (χ2n) is 5.42. The van der Waals surface area contributed by atoms with Crippen molar-refractivity contribution in [3.63, 3.8) is 0 Å². The summed E-state index contributed by atoms with van der Waals surface area (Å²) < 4.78 is 5.17. The minimum Gasteiger partial charge on any atom is -0.495 e. The largest absolute Gasteiger partial charge is 0.495 e. The Balaban J connectivity index is 2.14. The number of hydrogen-bond acceptors (Lipinski definition) is 3. The van der Waals surface area contributed by atoms with Gasteiger partial charge in [-0.15, -0.1) is 0 Å². The Hall–Kier alpha value is -2.52. The van der Waals surface area contributed by atoms with Gasteiger partial charge >= 0.3 is 0 Å². The van der Waals surface area contributed by atoms with Gasteiger partial charge in [-0.2, -0.15) is 0 Å². The molecule has 0 saturated carbocycles. The summed E-state index contributed by atoms with van der Waals surface area (Å²) in [6.45, 7) is 2.01. The highest BCUT2D eigenvalue weighted by atomic mass is 16.5. The molecule has 0 aliphatic rings. The van der Waals surface area contributed by atoms with Gasteiger partial charge in [-0.1, -0.05) is 42.5 Å². The fourth-order valence-electron chi connectivity index (χ4n) is 2.86. The summed E-state index contributed by atoms with van der Waals surface area (Å²) in [4.78, 5) is 0. The summed E-state index contributed by atoms with van der Waals surface area (Å²) in [5, 5.41) is 13.0. The summed E-state index contributed by atoms with van der Waals surface area (Å²) in [7, 11) is 1.58. The highest BCUT2D eigenvalue weighted by Crippen LogP contribution is 2.34. The predicted molar refractivity (Wildman–Crippen MR) is 90.2 cm³/mol. The number of aliphatic hydroxyl groups excluding tert-OH is 1. The molecule has 22 heavy (non-hydrogen) atoms. The molecule has 3 aromatic rings. The highest BCUT2D eigenvalue weighted by Gasteiger charge is 2.17. The van der Waals surface area contributed by atoms with E-state index in [2.05, 4.69) is 6.07 Å². The Kier molecular flexibility index (Phi) is 3.73. The van der Waals surface area contributed by atoms with Crippen LogP contribution >= 0.6 is 0 Å². The lowest BCUT2D eigenvalue weighted by Crippen LogP contribution is -2.04. The van der Waals surface area contributed by atoms with Crippen LogP contribution in [-0.4, -0.2) is 12.2 Å². The number of aliphatic hydroxyl groups is 1. The normalized spacial score (nSPS) is 12.3.